The summed E-state index contributed by atoms with van der Waals surface area (Å²) in [5.41, 5.74) is 7.09. The summed E-state index contributed by atoms with van der Waals surface area (Å²) in [5.74, 6) is 0.463. The zero-order chi connectivity index (χ0) is 14.3. The van der Waals surface area contributed by atoms with Crippen molar-refractivity contribution in [2.24, 2.45) is 5.73 Å². The molecule has 1 aromatic heterocycles. The third kappa shape index (κ3) is 2.47. The second kappa shape index (κ2) is 5.62. The van der Waals surface area contributed by atoms with Crippen LogP contribution in [-0.4, -0.2) is 42.1 Å². The van der Waals surface area contributed by atoms with Gasteiger partial charge in [-0.1, -0.05) is 13.8 Å². The number of nitrogens with zero attached hydrogens (tertiary/aromatic N) is 3. The second-order valence-electron chi connectivity index (χ2n) is 6.45. The second-order valence-corrected chi connectivity index (χ2v) is 7.51. The van der Waals surface area contributed by atoms with E-state index in [1.807, 2.05) is 0 Å². The van der Waals surface area contributed by atoms with Gasteiger partial charge in [-0.15, -0.1) is 11.3 Å². The van der Waals surface area contributed by atoms with Crippen LogP contribution in [0.3, 0.4) is 0 Å². The Kier molecular flexibility index (Phi) is 4.02. The van der Waals surface area contributed by atoms with Crippen molar-refractivity contribution in [1.29, 1.82) is 0 Å². The van der Waals surface area contributed by atoms with E-state index >= 15 is 0 Å². The van der Waals surface area contributed by atoms with E-state index in [1.165, 1.54) is 35.0 Å². The molecule has 1 aromatic rings. The van der Waals surface area contributed by atoms with Crippen molar-refractivity contribution in [3.63, 3.8) is 0 Å². The molecular weight excluding hydrogens is 268 g/mol. The van der Waals surface area contributed by atoms with E-state index in [-0.39, 0.29) is 0 Å². The summed E-state index contributed by atoms with van der Waals surface area (Å²) in [4.78, 5) is 11.2. The maximum absolute atomic E-state index is 5.89. The van der Waals surface area contributed by atoms with Crippen LogP contribution in [0.15, 0.2) is 0 Å². The van der Waals surface area contributed by atoms with Gasteiger partial charge in [0, 0.05) is 36.6 Å². The first-order valence-electron chi connectivity index (χ1n) is 7.76. The average Bonchev–Trinajstić information content (AvgIpc) is 2.92. The summed E-state index contributed by atoms with van der Waals surface area (Å²) in [6.45, 7) is 7.29. The maximum atomic E-state index is 5.89. The fourth-order valence-electron chi connectivity index (χ4n) is 3.57. The fourth-order valence-corrected chi connectivity index (χ4v) is 4.69. The van der Waals surface area contributed by atoms with Gasteiger partial charge >= 0.3 is 0 Å². The molecule has 20 heavy (non-hydrogen) atoms. The van der Waals surface area contributed by atoms with Gasteiger partial charge in [0.2, 0.25) is 0 Å². The molecule has 0 amide bonds. The third-order valence-electron chi connectivity index (χ3n) is 4.87. The van der Waals surface area contributed by atoms with Crippen LogP contribution in [-0.2, 0) is 6.54 Å². The van der Waals surface area contributed by atoms with E-state index in [2.05, 4.69) is 30.7 Å². The van der Waals surface area contributed by atoms with Crippen LogP contribution in [0, 0.1) is 0 Å². The molecule has 2 bridgehead atoms. The standard InChI is InChI=1S/C15H26N4S/c1-10(2)14-13(8-16)20-15(17-14)19-7-6-11-4-5-12(9-19)18(11)3/h10-12H,4-9,16H2,1-3H3. The summed E-state index contributed by atoms with van der Waals surface area (Å²) in [6.07, 6.45) is 3.98. The van der Waals surface area contributed by atoms with Gasteiger partial charge in [-0.05, 0) is 32.2 Å². The molecular formula is C15H26N4S. The number of rotatable bonds is 3. The molecule has 2 saturated heterocycles. The highest BCUT2D eigenvalue weighted by Crippen LogP contribution is 2.35. The first-order valence-corrected chi connectivity index (χ1v) is 8.58. The van der Waals surface area contributed by atoms with E-state index < -0.39 is 0 Å². The quantitative estimate of drug-likeness (QED) is 0.930. The molecule has 3 heterocycles. The van der Waals surface area contributed by atoms with Crippen LogP contribution in [0.4, 0.5) is 5.13 Å². The average molecular weight is 294 g/mol. The smallest absolute Gasteiger partial charge is 0.185 e. The summed E-state index contributed by atoms with van der Waals surface area (Å²) in [6, 6.07) is 1.48. The van der Waals surface area contributed by atoms with E-state index in [0.29, 0.717) is 18.5 Å². The van der Waals surface area contributed by atoms with Gasteiger partial charge in [0.15, 0.2) is 5.13 Å². The molecule has 5 heteroatoms. The van der Waals surface area contributed by atoms with Crippen molar-refractivity contribution < 1.29 is 0 Å². The van der Waals surface area contributed by atoms with E-state index in [4.69, 9.17) is 10.7 Å². The summed E-state index contributed by atoms with van der Waals surface area (Å²) >= 11 is 1.80. The first-order chi connectivity index (χ1) is 9.60. The van der Waals surface area contributed by atoms with Crippen molar-refractivity contribution >= 4 is 16.5 Å². The van der Waals surface area contributed by atoms with Crippen LogP contribution in [0.2, 0.25) is 0 Å². The van der Waals surface area contributed by atoms with Crippen LogP contribution in [0.5, 0.6) is 0 Å². The first kappa shape index (κ1) is 14.3. The molecule has 4 nitrogen and oxygen atoms in total. The largest absolute Gasteiger partial charge is 0.346 e. The Balaban J connectivity index is 1.82. The van der Waals surface area contributed by atoms with Gasteiger partial charge in [-0.3, -0.25) is 4.90 Å². The summed E-state index contributed by atoms with van der Waals surface area (Å²) in [7, 11) is 2.29. The highest BCUT2D eigenvalue weighted by atomic mass is 32.1. The molecule has 2 unspecified atom stereocenters. The zero-order valence-corrected chi connectivity index (χ0v) is 13.6. The zero-order valence-electron chi connectivity index (χ0n) is 12.8. The molecule has 2 fully saturated rings. The predicted molar refractivity (Wildman–Crippen MR) is 85.5 cm³/mol. The molecule has 0 radical (unpaired) electrons. The summed E-state index contributed by atoms with van der Waals surface area (Å²) < 4.78 is 0. The minimum Gasteiger partial charge on any atom is -0.346 e. The normalized spacial score (nSPS) is 27.4. The van der Waals surface area contributed by atoms with Gasteiger partial charge in [0.1, 0.15) is 0 Å². The number of aromatic nitrogens is 1. The number of fused-ring (bicyclic) bond motifs is 2. The Bertz CT molecular complexity index is 470. The Morgan fingerprint density at radius 1 is 1.30 bits per heavy atom. The van der Waals surface area contributed by atoms with Crippen molar-refractivity contribution in [3.8, 4) is 0 Å². The molecule has 3 rings (SSSR count). The molecule has 2 aliphatic heterocycles. The number of thiazole rings is 1. The lowest BCUT2D eigenvalue weighted by Gasteiger charge is -2.25. The molecule has 0 aliphatic carbocycles. The Morgan fingerprint density at radius 3 is 2.70 bits per heavy atom. The number of hydrogen-bond donors (Lipinski definition) is 1. The monoisotopic (exact) mass is 294 g/mol. The van der Waals surface area contributed by atoms with E-state index in [0.717, 1.165) is 19.1 Å². The summed E-state index contributed by atoms with van der Waals surface area (Å²) in [5, 5.41) is 1.19. The molecule has 2 N–H and O–H groups in total. The minimum absolute atomic E-state index is 0.463. The van der Waals surface area contributed by atoms with Crippen LogP contribution in [0.1, 0.15) is 49.6 Å². The van der Waals surface area contributed by atoms with Gasteiger partial charge in [-0.25, -0.2) is 4.98 Å². The third-order valence-corrected chi connectivity index (χ3v) is 6.02. The van der Waals surface area contributed by atoms with Crippen molar-refractivity contribution in [2.75, 3.05) is 25.0 Å². The number of hydrogen-bond acceptors (Lipinski definition) is 5. The molecule has 2 atom stereocenters. The maximum Gasteiger partial charge on any atom is 0.185 e. The SMILES string of the molecule is CC(C)c1nc(N2CCC3CCC(C2)N3C)sc1CN. The van der Waals surface area contributed by atoms with E-state index in [9.17, 15) is 0 Å². The number of likely N-dealkylation sites (N-methyl/N-ethyl adjacent to an activating group) is 1. The highest BCUT2D eigenvalue weighted by Gasteiger charge is 2.35. The Hall–Kier alpha value is -0.650. The lowest BCUT2D eigenvalue weighted by molar-refractivity contribution is 0.254. The molecule has 112 valence electrons. The topological polar surface area (TPSA) is 45.4 Å². The lowest BCUT2D eigenvalue weighted by Crippen LogP contribution is -2.36. The van der Waals surface area contributed by atoms with E-state index in [1.54, 1.807) is 11.3 Å². The molecule has 2 aliphatic rings. The molecule has 0 saturated carbocycles. The van der Waals surface area contributed by atoms with Crippen molar-refractivity contribution in [1.82, 2.24) is 9.88 Å². The molecule has 0 spiro atoms. The molecule has 0 aromatic carbocycles. The van der Waals surface area contributed by atoms with Gasteiger partial charge in [-0.2, -0.15) is 0 Å². The van der Waals surface area contributed by atoms with Gasteiger partial charge in [0.25, 0.3) is 0 Å². The number of nitrogens with two attached hydrogens (primary N) is 1. The lowest BCUT2D eigenvalue weighted by atomic mass is 10.1. The Morgan fingerprint density at radius 2 is 2.05 bits per heavy atom. The van der Waals surface area contributed by atoms with Gasteiger partial charge < -0.3 is 10.6 Å². The Labute approximate surface area is 126 Å². The minimum atomic E-state index is 0.463. The van der Waals surface area contributed by atoms with Gasteiger partial charge in [0.05, 0.1) is 5.69 Å². The number of anilines is 1. The van der Waals surface area contributed by atoms with Crippen LogP contribution >= 0.6 is 11.3 Å². The fraction of sp³-hybridized carbons (Fsp3) is 0.800. The van der Waals surface area contributed by atoms with Crippen LogP contribution < -0.4 is 10.6 Å². The highest BCUT2D eigenvalue weighted by molar-refractivity contribution is 7.15. The predicted octanol–water partition coefficient (Wildman–Crippen LogP) is 2.40. The van der Waals surface area contributed by atoms with Crippen molar-refractivity contribution in [3.05, 3.63) is 10.6 Å². The van der Waals surface area contributed by atoms with Crippen LogP contribution in [0.25, 0.3) is 0 Å². The van der Waals surface area contributed by atoms with Crippen molar-refractivity contribution in [2.45, 2.75) is 57.7 Å².